The molecule has 1 atom stereocenters. The summed E-state index contributed by atoms with van der Waals surface area (Å²) in [6, 6.07) is 2.26. The second-order valence-electron chi connectivity index (χ2n) is 4.76. The van der Waals surface area contributed by atoms with Gasteiger partial charge in [-0.15, -0.1) is 0 Å². The van der Waals surface area contributed by atoms with Crippen molar-refractivity contribution in [3.05, 3.63) is 35.1 Å². The van der Waals surface area contributed by atoms with E-state index in [1.807, 2.05) is 0 Å². The fourth-order valence-corrected chi connectivity index (χ4v) is 2.21. The number of alkyl halides is 3. The normalized spacial score (nSPS) is 19.1. The molecule has 7 heteroatoms. The van der Waals surface area contributed by atoms with Gasteiger partial charge in [0, 0.05) is 25.2 Å². The maximum atomic E-state index is 13.2. The van der Waals surface area contributed by atoms with Crippen molar-refractivity contribution in [2.75, 3.05) is 20.1 Å². The van der Waals surface area contributed by atoms with Crippen molar-refractivity contribution in [3.8, 4) is 0 Å². The average Bonchev–Trinajstić information content (AvgIpc) is 2.90. The monoisotopic (exact) mass is 290 g/mol. The topological polar surface area (TPSA) is 32.3 Å². The quantitative estimate of drug-likeness (QED) is 0.848. The second kappa shape index (κ2) is 5.40. The molecule has 1 aliphatic rings. The third kappa shape index (κ3) is 2.92. The zero-order chi connectivity index (χ0) is 14.9. The van der Waals surface area contributed by atoms with Gasteiger partial charge in [0.2, 0.25) is 0 Å². The van der Waals surface area contributed by atoms with E-state index in [1.54, 1.807) is 0 Å². The molecule has 1 heterocycles. The fourth-order valence-electron chi connectivity index (χ4n) is 2.21. The number of rotatable bonds is 2. The van der Waals surface area contributed by atoms with Gasteiger partial charge in [0.1, 0.15) is 5.82 Å². The Labute approximate surface area is 113 Å². The Kier molecular flexibility index (Phi) is 3.99. The Morgan fingerprint density at radius 2 is 2.10 bits per heavy atom. The molecule has 0 bridgehead atoms. The van der Waals surface area contributed by atoms with Gasteiger partial charge in [-0.2, -0.15) is 13.2 Å². The van der Waals surface area contributed by atoms with Gasteiger partial charge >= 0.3 is 6.18 Å². The Morgan fingerprint density at radius 3 is 2.65 bits per heavy atom. The van der Waals surface area contributed by atoms with Gasteiger partial charge in [0.05, 0.1) is 5.56 Å². The SMILES string of the molecule is CN(C(=O)c1ccc(F)c(C(F)(F)F)c1)C1CCNC1. The molecular weight excluding hydrogens is 276 g/mol. The first-order valence-electron chi connectivity index (χ1n) is 6.15. The smallest absolute Gasteiger partial charge is 0.337 e. The Morgan fingerprint density at radius 1 is 1.40 bits per heavy atom. The van der Waals surface area contributed by atoms with E-state index in [0.717, 1.165) is 19.0 Å². The largest absolute Gasteiger partial charge is 0.419 e. The highest BCUT2D eigenvalue weighted by Gasteiger charge is 2.35. The van der Waals surface area contributed by atoms with E-state index in [1.165, 1.54) is 11.9 Å². The highest BCUT2D eigenvalue weighted by atomic mass is 19.4. The summed E-state index contributed by atoms with van der Waals surface area (Å²) in [6.07, 6.45) is -4.07. The summed E-state index contributed by atoms with van der Waals surface area (Å²) < 4.78 is 51.0. The van der Waals surface area contributed by atoms with Crippen LogP contribution in [0.5, 0.6) is 0 Å². The maximum absolute atomic E-state index is 13.2. The predicted octanol–water partition coefficient (Wildman–Crippen LogP) is 2.28. The van der Waals surface area contributed by atoms with Crippen molar-refractivity contribution in [1.82, 2.24) is 10.2 Å². The lowest BCUT2D eigenvalue weighted by Crippen LogP contribution is -2.38. The van der Waals surface area contributed by atoms with E-state index in [-0.39, 0.29) is 11.6 Å². The Balaban J connectivity index is 2.26. The molecule has 1 unspecified atom stereocenters. The first-order valence-corrected chi connectivity index (χ1v) is 6.15. The minimum absolute atomic E-state index is 0.0538. The number of hydrogen-bond donors (Lipinski definition) is 1. The molecule has 1 aliphatic heterocycles. The molecule has 0 radical (unpaired) electrons. The van der Waals surface area contributed by atoms with Crippen LogP contribution in [-0.4, -0.2) is 37.0 Å². The van der Waals surface area contributed by atoms with E-state index in [9.17, 15) is 22.4 Å². The molecule has 1 aromatic rings. The molecule has 1 amide bonds. The van der Waals surface area contributed by atoms with Crippen LogP contribution in [0.2, 0.25) is 0 Å². The molecule has 2 rings (SSSR count). The molecule has 0 aromatic heterocycles. The number of nitrogens with one attached hydrogen (secondary N) is 1. The Hall–Kier alpha value is -1.63. The summed E-state index contributed by atoms with van der Waals surface area (Å²) in [5.74, 6) is -1.91. The number of likely N-dealkylation sites (N-methyl/N-ethyl adjacent to an activating group) is 1. The van der Waals surface area contributed by atoms with Gasteiger partial charge in [0.15, 0.2) is 0 Å². The number of amides is 1. The van der Waals surface area contributed by atoms with Crippen LogP contribution >= 0.6 is 0 Å². The van der Waals surface area contributed by atoms with Crippen LogP contribution in [0.25, 0.3) is 0 Å². The summed E-state index contributed by atoms with van der Waals surface area (Å²) in [5, 5.41) is 3.07. The number of benzene rings is 1. The lowest BCUT2D eigenvalue weighted by atomic mass is 10.1. The first kappa shape index (κ1) is 14.8. The predicted molar refractivity (Wildman–Crippen MR) is 64.8 cm³/mol. The minimum atomic E-state index is -4.81. The molecule has 1 aromatic carbocycles. The number of carbonyl (C=O) groups excluding carboxylic acids is 1. The van der Waals surface area contributed by atoms with Gasteiger partial charge < -0.3 is 10.2 Å². The molecule has 110 valence electrons. The van der Waals surface area contributed by atoms with Gasteiger partial charge in [-0.1, -0.05) is 0 Å². The molecule has 3 nitrogen and oxygen atoms in total. The molecular formula is C13H14F4N2O. The van der Waals surface area contributed by atoms with Crippen LogP contribution in [0.15, 0.2) is 18.2 Å². The van der Waals surface area contributed by atoms with Crippen molar-refractivity contribution in [1.29, 1.82) is 0 Å². The standard InChI is InChI=1S/C13H14F4N2O/c1-19(9-4-5-18-7-9)12(20)8-2-3-11(14)10(6-8)13(15,16)17/h2-3,6,9,18H,4-5,7H2,1H3. The maximum Gasteiger partial charge on any atom is 0.419 e. The third-order valence-electron chi connectivity index (χ3n) is 3.42. The summed E-state index contributed by atoms with van der Waals surface area (Å²) in [5.41, 5.74) is -1.57. The highest BCUT2D eigenvalue weighted by molar-refractivity contribution is 5.94. The molecule has 1 N–H and O–H groups in total. The van der Waals surface area contributed by atoms with Crippen LogP contribution in [0.4, 0.5) is 17.6 Å². The van der Waals surface area contributed by atoms with Crippen LogP contribution in [0.3, 0.4) is 0 Å². The van der Waals surface area contributed by atoms with Crippen LogP contribution < -0.4 is 5.32 Å². The van der Waals surface area contributed by atoms with Crippen LogP contribution in [0, 0.1) is 5.82 Å². The van der Waals surface area contributed by atoms with Crippen molar-refractivity contribution in [2.24, 2.45) is 0 Å². The summed E-state index contributed by atoms with van der Waals surface area (Å²) in [7, 11) is 1.54. The van der Waals surface area contributed by atoms with Crippen LogP contribution in [0.1, 0.15) is 22.3 Å². The number of nitrogens with zero attached hydrogens (tertiary/aromatic N) is 1. The lowest BCUT2D eigenvalue weighted by Gasteiger charge is -2.24. The summed E-state index contributed by atoms with van der Waals surface area (Å²) >= 11 is 0. The zero-order valence-corrected chi connectivity index (χ0v) is 10.8. The third-order valence-corrected chi connectivity index (χ3v) is 3.42. The van der Waals surface area contributed by atoms with E-state index in [2.05, 4.69) is 5.32 Å². The Bertz CT molecular complexity index is 510. The second-order valence-corrected chi connectivity index (χ2v) is 4.76. The molecule has 0 aliphatic carbocycles. The molecule has 20 heavy (non-hydrogen) atoms. The molecule has 0 saturated carbocycles. The molecule has 0 spiro atoms. The molecule has 1 saturated heterocycles. The van der Waals surface area contributed by atoms with Crippen molar-refractivity contribution >= 4 is 5.91 Å². The van der Waals surface area contributed by atoms with E-state index >= 15 is 0 Å². The van der Waals surface area contributed by atoms with Gasteiger partial charge in [-0.3, -0.25) is 4.79 Å². The average molecular weight is 290 g/mol. The van der Waals surface area contributed by atoms with Gasteiger partial charge in [0.25, 0.3) is 5.91 Å². The van der Waals surface area contributed by atoms with Crippen LogP contribution in [-0.2, 0) is 6.18 Å². The number of hydrogen-bond acceptors (Lipinski definition) is 2. The number of halogens is 4. The van der Waals surface area contributed by atoms with E-state index < -0.39 is 23.5 Å². The summed E-state index contributed by atoms with van der Waals surface area (Å²) in [6.45, 7) is 1.37. The van der Waals surface area contributed by atoms with Crippen molar-refractivity contribution in [3.63, 3.8) is 0 Å². The molecule has 1 fully saturated rings. The summed E-state index contributed by atoms with van der Waals surface area (Å²) in [4.78, 5) is 13.5. The number of carbonyl (C=O) groups is 1. The van der Waals surface area contributed by atoms with Crippen molar-refractivity contribution < 1.29 is 22.4 Å². The minimum Gasteiger partial charge on any atom is -0.337 e. The van der Waals surface area contributed by atoms with E-state index in [4.69, 9.17) is 0 Å². The zero-order valence-electron chi connectivity index (χ0n) is 10.8. The van der Waals surface area contributed by atoms with E-state index in [0.29, 0.717) is 18.7 Å². The fraction of sp³-hybridized carbons (Fsp3) is 0.462. The van der Waals surface area contributed by atoms with Crippen molar-refractivity contribution in [2.45, 2.75) is 18.6 Å². The van der Waals surface area contributed by atoms with Gasteiger partial charge in [-0.25, -0.2) is 4.39 Å². The lowest BCUT2D eigenvalue weighted by molar-refractivity contribution is -0.140. The van der Waals surface area contributed by atoms with Gasteiger partial charge in [-0.05, 0) is 31.2 Å². The first-order chi connectivity index (χ1) is 9.30. The highest BCUT2D eigenvalue weighted by Crippen LogP contribution is 2.32.